The fraction of sp³-hybridized carbons (Fsp3) is 0.462. The third-order valence-corrected chi connectivity index (χ3v) is 5.97. The summed E-state index contributed by atoms with van der Waals surface area (Å²) in [6.07, 6.45) is 5.05. The van der Waals surface area contributed by atoms with Crippen LogP contribution in [0.1, 0.15) is 64.0 Å². The van der Waals surface area contributed by atoms with Crippen LogP contribution in [0, 0.1) is 25.2 Å². The van der Waals surface area contributed by atoms with Crippen LogP contribution in [0.2, 0.25) is 0 Å². The van der Waals surface area contributed by atoms with Gasteiger partial charge < -0.3 is 20.5 Å². The standard InChI is InChI=1S/C26H32N4O4/c1-17-14-19(16-27)15-18(2)23(17)25(31)30-22(26(32)33)10-13-34-12-4-3-7-21-9-8-20-6-5-11-28-24(20)29-21/h8-9,14-15,22H,3-7,10-13H2,1-2H3,(H,28,29)(H,30,31)(H,32,33). The van der Waals surface area contributed by atoms with Gasteiger partial charge in [0.25, 0.3) is 5.91 Å². The van der Waals surface area contributed by atoms with Gasteiger partial charge in [-0.2, -0.15) is 5.26 Å². The van der Waals surface area contributed by atoms with E-state index in [1.807, 2.05) is 0 Å². The van der Waals surface area contributed by atoms with E-state index in [2.05, 4.69) is 28.8 Å². The van der Waals surface area contributed by atoms with Crippen molar-refractivity contribution >= 4 is 17.7 Å². The third kappa shape index (κ3) is 6.78. The Bertz CT molecular complexity index is 1050. The van der Waals surface area contributed by atoms with E-state index in [1.165, 1.54) is 5.56 Å². The molecule has 2 aromatic rings. The fourth-order valence-corrected chi connectivity index (χ4v) is 4.20. The maximum atomic E-state index is 12.7. The number of carboxylic acids is 1. The van der Waals surface area contributed by atoms with Crippen molar-refractivity contribution < 1.29 is 19.4 Å². The van der Waals surface area contributed by atoms with Crippen molar-refractivity contribution in [1.29, 1.82) is 5.26 Å². The Kier molecular flexibility index (Phi) is 9.00. The van der Waals surface area contributed by atoms with Crippen LogP contribution in [-0.4, -0.2) is 47.8 Å². The maximum Gasteiger partial charge on any atom is 0.326 e. The van der Waals surface area contributed by atoms with Gasteiger partial charge in [0.1, 0.15) is 11.9 Å². The van der Waals surface area contributed by atoms with Crippen molar-refractivity contribution in [3.05, 3.63) is 57.8 Å². The van der Waals surface area contributed by atoms with Gasteiger partial charge >= 0.3 is 5.97 Å². The molecule has 1 aliphatic heterocycles. The lowest BCUT2D eigenvalue weighted by molar-refractivity contribution is -0.139. The second-order valence-electron chi connectivity index (χ2n) is 8.66. The summed E-state index contributed by atoms with van der Waals surface area (Å²) in [6.45, 7) is 5.21. The Balaban J connectivity index is 1.39. The summed E-state index contributed by atoms with van der Waals surface area (Å²) in [5.74, 6) is -0.555. The molecule has 0 saturated carbocycles. The molecule has 1 aromatic heterocycles. The lowest BCUT2D eigenvalue weighted by Crippen LogP contribution is -2.42. The largest absolute Gasteiger partial charge is 0.480 e. The first-order chi connectivity index (χ1) is 16.4. The number of pyridine rings is 1. The number of rotatable bonds is 11. The van der Waals surface area contributed by atoms with Crippen molar-refractivity contribution in [3.63, 3.8) is 0 Å². The smallest absolute Gasteiger partial charge is 0.326 e. The molecule has 0 fully saturated rings. The lowest BCUT2D eigenvalue weighted by Gasteiger charge is -2.17. The fourth-order valence-electron chi connectivity index (χ4n) is 4.20. The molecule has 0 bridgehead atoms. The van der Waals surface area contributed by atoms with Crippen LogP contribution in [0.5, 0.6) is 0 Å². The number of hydrogen-bond donors (Lipinski definition) is 3. The molecule has 180 valence electrons. The highest BCUT2D eigenvalue weighted by Gasteiger charge is 2.22. The van der Waals surface area contributed by atoms with E-state index in [4.69, 9.17) is 15.0 Å². The molecule has 3 rings (SSSR count). The van der Waals surface area contributed by atoms with E-state index in [0.717, 1.165) is 50.2 Å². The maximum absolute atomic E-state index is 12.7. The number of nitrogens with zero attached hydrogens (tertiary/aromatic N) is 2. The molecular formula is C26H32N4O4. The molecule has 0 spiro atoms. The van der Waals surface area contributed by atoms with Crippen molar-refractivity contribution in [2.45, 2.75) is 58.4 Å². The quantitative estimate of drug-likeness (QED) is 0.435. The van der Waals surface area contributed by atoms with Gasteiger partial charge in [-0.15, -0.1) is 0 Å². The molecule has 1 unspecified atom stereocenters. The van der Waals surface area contributed by atoms with Crippen LogP contribution in [0.3, 0.4) is 0 Å². The molecule has 0 radical (unpaired) electrons. The SMILES string of the molecule is Cc1cc(C#N)cc(C)c1C(=O)NC(CCOCCCCc1ccc2c(n1)NCCC2)C(=O)O. The number of aromatic nitrogens is 1. The summed E-state index contributed by atoms with van der Waals surface area (Å²) < 4.78 is 5.62. The molecule has 1 aromatic carbocycles. The van der Waals surface area contributed by atoms with Gasteiger partial charge in [0.15, 0.2) is 0 Å². The average molecular weight is 465 g/mol. The second kappa shape index (κ2) is 12.1. The molecule has 8 heteroatoms. The van der Waals surface area contributed by atoms with E-state index < -0.39 is 17.9 Å². The van der Waals surface area contributed by atoms with Crippen molar-refractivity contribution in [2.24, 2.45) is 0 Å². The van der Waals surface area contributed by atoms with Gasteiger partial charge in [0.2, 0.25) is 0 Å². The Hall–Kier alpha value is -3.44. The number of fused-ring (bicyclic) bond motifs is 1. The van der Waals surface area contributed by atoms with E-state index in [-0.39, 0.29) is 13.0 Å². The Morgan fingerprint density at radius 2 is 2.00 bits per heavy atom. The number of anilines is 1. The number of unbranched alkanes of at least 4 members (excludes halogenated alkanes) is 1. The minimum atomic E-state index is -1.10. The number of aliphatic carboxylic acids is 1. The molecule has 34 heavy (non-hydrogen) atoms. The van der Waals surface area contributed by atoms with E-state index in [0.29, 0.717) is 28.9 Å². The van der Waals surface area contributed by atoms with E-state index in [1.54, 1.807) is 26.0 Å². The molecular weight excluding hydrogens is 432 g/mol. The van der Waals surface area contributed by atoms with Gasteiger partial charge in [-0.05, 0) is 80.8 Å². The number of amides is 1. The van der Waals surface area contributed by atoms with E-state index >= 15 is 0 Å². The Labute approximate surface area is 200 Å². The number of nitriles is 1. The molecule has 8 nitrogen and oxygen atoms in total. The third-order valence-electron chi connectivity index (χ3n) is 5.97. The summed E-state index contributed by atoms with van der Waals surface area (Å²) in [4.78, 5) is 29.0. The highest BCUT2D eigenvalue weighted by Crippen LogP contribution is 2.20. The molecule has 0 saturated heterocycles. The van der Waals surface area contributed by atoms with Gasteiger partial charge in [0, 0.05) is 37.4 Å². The van der Waals surface area contributed by atoms with Gasteiger partial charge in [-0.25, -0.2) is 9.78 Å². The first-order valence-electron chi connectivity index (χ1n) is 11.7. The van der Waals surface area contributed by atoms with Crippen LogP contribution >= 0.6 is 0 Å². The van der Waals surface area contributed by atoms with Crippen LogP contribution in [0.25, 0.3) is 0 Å². The average Bonchev–Trinajstić information content (AvgIpc) is 2.81. The van der Waals surface area contributed by atoms with Gasteiger partial charge in [-0.1, -0.05) is 6.07 Å². The predicted molar refractivity (Wildman–Crippen MR) is 129 cm³/mol. The zero-order chi connectivity index (χ0) is 24.5. The number of nitrogens with one attached hydrogen (secondary N) is 2. The predicted octanol–water partition coefficient (Wildman–Crippen LogP) is 3.54. The van der Waals surface area contributed by atoms with Gasteiger partial charge in [-0.3, -0.25) is 4.79 Å². The molecule has 3 N–H and O–H groups in total. The highest BCUT2D eigenvalue weighted by atomic mass is 16.5. The molecule has 1 atom stereocenters. The first-order valence-corrected chi connectivity index (χ1v) is 11.7. The monoisotopic (exact) mass is 464 g/mol. The van der Waals surface area contributed by atoms with Crippen LogP contribution in [0.15, 0.2) is 24.3 Å². The topological polar surface area (TPSA) is 124 Å². The number of carbonyl (C=O) groups excluding carboxylic acids is 1. The summed E-state index contributed by atoms with van der Waals surface area (Å²) in [7, 11) is 0. The highest BCUT2D eigenvalue weighted by molar-refractivity contribution is 5.99. The number of carbonyl (C=O) groups is 2. The number of ether oxygens (including phenoxy) is 1. The van der Waals surface area contributed by atoms with Crippen LogP contribution in [0.4, 0.5) is 5.82 Å². The first kappa shape index (κ1) is 25.2. The number of benzene rings is 1. The minimum absolute atomic E-state index is 0.174. The molecule has 0 aliphatic carbocycles. The molecule has 2 heterocycles. The lowest BCUT2D eigenvalue weighted by atomic mass is 9.98. The normalized spacial score (nSPS) is 13.3. The summed E-state index contributed by atoms with van der Waals surface area (Å²) in [5, 5.41) is 24.5. The summed E-state index contributed by atoms with van der Waals surface area (Å²) >= 11 is 0. The van der Waals surface area contributed by atoms with Crippen molar-refractivity contribution in [2.75, 3.05) is 25.1 Å². The Morgan fingerprint density at radius 3 is 2.71 bits per heavy atom. The number of hydrogen-bond acceptors (Lipinski definition) is 6. The number of carboxylic acid groups (broad SMARTS) is 1. The van der Waals surface area contributed by atoms with E-state index in [9.17, 15) is 14.7 Å². The minimum Gasteiger partial charge on any atom is -0.480 e. The van der Waals surface area contributed by atoms with Gasteiger partial charge in [0.05, 0.1) is 11.6 Å². The van der Waals surface area contributed by atoms with Crippen molar-refractivity contribution in [1.82, 2.24) is 10.3 Å². The zero-order valence-electron chi connectivity index (χ0n) is 19.8. The summed E-state index contributed by atoms with van der Waals surface area (Å²) in [6, 6.07) is 8.49. The second-order valence-corrected chi connectivity index (χ2v) is 8.66. The van der Waals surface area contributed by atoms with Crippen LogP contribution < -0.4 is 10.6 Å². The Morgan fingerprint density at radius 1 is 1.24 bits per heavy atom. The molecule has 1 aliphatic rings. The zero-order valence-corrected chi connectivity index (χ0v) is 19.8. The molecule has 1 amide bonds. The summed E-state index contributed by atoms with van der Waals surface area (Å²) in [5.41, 5.74) is 4.49. The number of aryl methyl sites for hydroxylation is 4. The van der Waals surface area contributed by atoms with Crippen LogP contribution in [-0.2, 0) is 22.4 Å². The van der Waals surface area contributed by atoms with Crippen molar-refractivity contribution in [3.8, 4) is 6.07 Å².